The zero-order valence-corrected chi connectivity index (χ0v) is 25.0. The SMILES string of the molecule is C=C(C#N)c1ccc(C(C)C)cc1.C=C(C)c1cc(C)cc(C2(CC)CC2)c1C.CCc1ccc(C)cc1. The van der Waals surface area contributed by atoms with Crippen LogP contribution in [0.5, 0.6) is 0 Å². The molecule has 3 aromatic carbocycles. The van der Waals surface area contributed by atoms with E-state index in [0.717, 1.165) is 12.0 Å². The average Bonchev–Trinajstić information content (AvgIpc) is 3.71. The van der Waals surface area contributed by atoms with Crippen molar-refractivity contribution in [2.24, 2.45) is 0 Å². The Morgan fingerprint density at radius 2 is 1.47 bits per heavy atom. The number of benzene rings is 3. The van der Waals surface area contributed by atoms with Crippen LogP contribution in [0.2, 0.25) is 0 Å². The normalized spacial score (nSPS) is 12.8. The molecule has 1 heteroatoms. The Morgan fingerprint density at radius 1 is 0.895 bits per heavy atom. The third-order valence-electron chi connectivity index (χ3n) is 7.70. The number of allylic oxidation sites excluding steroid dienone is 2. The van der Waals surface area contributed by atoms with Crippen molar-refractivity contribution in [2.75, 3.05) is 0 Å². The molecule has 38 heavy (non-hydrogen) atoms. The van der Waals surface area contributed by atoms with Crippen LogP contribution in [0.1, 0.15) is 104 Å². The van der Waals surface area contributed by atoms with Crippen LogP contribution in [0, 0.1) is 32.1 Å². The molecule has 0 aliphatic heterocycles. The molecule has 0 N–H and O–H groups in total. The summed E-state index contributed by atoms with van der Waals surface area (Å²) in [5, 5.41) is 8.62. The molecule has 0 radical (unpaired) electrons. The van der Waals surface area contributed by atoms with Crippen molar-refractivity contribution in [1.82, 2.24) is 0 Å². The van der Waals surface area contributed by atoms with Crippen molar-refractivity contribution in [3.05, 3.63) is 118 Å². The minimum atomic E-state index is 0.500. The zero-order chi connectivity index (χ0) is 28.5. The molecule has 1 aliphatic carbocycles. The second-order valence-corrected chi connectivity index (χ2v) is 11.1. The van der Waals surface area contributed by atoms with E-state index in [1.807, 2.05) is 30.3 Å². The van der Waals surface area contributed by atoms with E-state index < -0.39 is 0 Å². The first-order chi connectivity index (χ1) is 18.0. The van der Waals surface area contributed by atoms with Gasteiger partial charge in [0, 0.05) is 0 Å². The fourth-order valence-corrected chi connectivity index (χ4v) is 4.77. The number of hydrogen-bond donors (Lipinski definition) is 0. The van der Waals surface area contributed by atoms with Crippen LogP contribution >= 0.6 is 0 Å². The van der Waals surface area contributed by atoms with Gasteiger partial charge in [0.1, 0.15) is 0 Å². The molecular weight excluding hydrogens is 458 g/mol. The molecule has 3 aromatic rings. The number of rotatable bonds is 6. The Kier molecular flexibility index (Phi) is 11.3. The van der Waals surface area contributed by atoms with Crippen molar-refractivity contribution in [1.29, 1.82) is 5.26 Å². The lowest BCUT2D eigenvalue weighted by atomic mass is 9.85. The molecule has 4 rings (SSSR count). The smallest absolute Gasteiger partial charge is 0.0991 e. The van der Waals surface area contributed by atoms with Gasteiger partial charge in [0.05, 0.1) is 11.6 Å². The lowest BCUT2D eigenvalue weighted by molar-refractivity contribution is 0.658. The van der Waals surface area contributed by atoms with Gasteiger partial charge in [-0.3, -0.25) is 0 Å². The summed E-state index contributed by atoms with van der Waals surface area (Å²) in [4.78, 5) is 0. The molecule has 200 valence electrons. The summed E-state index contributed by atoms with van der Waals surface area (Å²) < 4.78 is 0. The van der Waals surface area contributed by atoms with Gasteiger partial charge in [0.25, 0.3) is 0 Å². The summed E-state index contributed by atoms with van der Waals surface area (Å²) in [6.07, 6.45) is 5.14. The van der Waals surface area contributed by atoms with E-state index in [0.29, 0.717) is 16.9 Å². The van der Waals surface area contributed by atoms with Gasteiger partial charge in [-0.1, -0.05) is 118 Å². The molecule has 1 fully saturated rings. The van der Waals surface area contributed by atoms with E-state index in [9.17, 15) is 0 Å². The summed E-state index contributed by atoms with van der Waals surface area (Å²) >= 11 is 0. The number of nitriles is 1. The molecule has 0 spiro atoms. The van der Waals surface area contributed by atoms with Crippen LogP contribution in [-0.2, 0) is 11.8 Å². The molecule has 0 atom stereocenters. The lowest BCUT2D eigenvalue weighted by Gasteiger charge is -2.20. The van der Waals surface area contributed by atoms with E-state index >= 15 is 0 Å². The fraction of sp³-hybridized carbons (Fsp3) is 0.378. The molecule has 0 saturated heterocycles. The van der Waals surface area contributed by atoms with Crippen molar-refractivity contribution in [3.63, 3.8) is 0 Å². The summed E-state index contributed by atoms with van der Waals surface area (Å²) in [5.74, 6) is 0.532. The predicted molar refractivity (Wildman–Crippen MR) is 168 cm³/mol. The van der Waals surface area contributed by atoms with Gasteiger partial charge in [-0.2, -0.15) is 5.26 Å². The van der Waals surface area contributed by atoms with Crippen molar-refractivity contribution in [2.45, 2.75) is 92.4 Å². The number of aryl methyl sites for hydroxylation is 3. The van der Waals surface area contributed by atoms with E-state index in [1.165, 1.54) is 58.2 Å². The topological polar surface area (TPSA) is 23.8 Å². The predicted octanol–water partition coefficient (Wildman–Crippen LogP) is 10.7. The van der Waals surface area contributed by atoms with Crippen LogP contribution < -0.4 is 0 Å². The second kappa shape index (κ2) is 14.0. The largest absolute Gasteiger partial charge is 0.192 e. The highest BCUT2D eigenvalue weighted by Crippen LogP contribution is 2.52. The van der Waals surface area contributed by atoms with E-state index in [2.05, 4.69) is 105 Å². The maximum Gasteiger partial charge on any atom is 0.0991 e. The molecule has 0 bridgehead atoms. The van der Waals surface area contributed by atoms with Gasteiger partial charge in [-0.05, 0) is 98.1 Å². The fourth-order valence-electron chi connectivity index (χ4n) is 4.77. The first kappa shape index (κ1) is 30.9. The van der Waals surface area contributed by atoms with Crippen LogP contribution in [-0.4, -0.2) is 0 Å². The molecule has 1 aliphatic rings. The second-order valence-electron chi connectivity index (χ2n) is 11.1. The van der Waals surface area contributed by atoms with Gasteiger partial charge in [-0.25, -0.2) is 0 Å². The monoisotopic (exact) mass is 505 g/mol. The van der Waals surface area contributed by atoms with Gasteiger partial charge < -0.3 is 0 Å². The Balaban J connectivity index is 0.000000208. The number of nitrogens with zero attached hydrogens (tertiary/aromatic N) is 1. The van der Waals surface area contributed by atoms with E-state index in [-0.39, 0.29) is 0 Å². The van der Waals surface area contributed by atoms with E-state index in [4.69, 9.17) is 5.26 Å². The highest BCUT2D eigenvalue weighted by molar-refractivity contribution is 5.74. The maximum atomic E-state index is 8.62. The summed E-state index contributed by atoms with van der Waals surface area (Å²) in [6, 6.07) is 23.3. The quantitative estimate of drug-likeness (QED) is 0.306. The molecular formula is C37H47N. The molecule has 0 heterocycles. The van der Waals surface area contributed by atoms with Crippen LogP contribution in [0.4, 0.5) is 0 Å². The Bertz CT molecular complexity index is 1260. The minimum Gasteiger partial charge on any atom is -0.192 e. The first-order valence-corrected chi connectivity index (χ1v) is 14.0. The third kappa shape index (κ3) is 8.32. The highest BCUT2D eigenvalue weighted by atomic mass is 14.5. The highest BCUT2D eigenvalue weighted by Gasteiger charge is 2.43. The van der Waals surface area contributed by atoms with Crippen LogP contribution in [0.15, 0.2) is 73.8 Å². The van der Waals surface area contributed by atoms with Crippen molar-refractivity contribution in [3.8, 4) is 6.07 Å². The Morgan fingerprint density at radius 3 is 1.89 bits per heavy atom. The lowest BCUT2D eigenvalue weighted by Crippen LogP contribution is -2.08. The average molecular weight is 506 g/mol. The standard InChI is InChI=1S/C16H22.C12H13N.C9H12/c1-6-16(7-8-16)15-10-12(4)9-14(11(2)3)13(15)5;1-9(2)11-4-6-12(7-5-11)10(3)8-13;1-3-9-6-4-8(2)5-7-9/h9-10H,2,6-8H2,1,3-5H3;4-7,9H,3H2,1-2H3;4-7H,3H2,1-2H3. The van der Waals surface area contributed by atoms with Crippen LogP contribution in [0.3, 0.4) is 0 Å². The molecule has 0 amide bonds. The summed E-state index contributed by atoms with van der Waals surface area (Å²) in [5.41, 5.74) is 12.9. The van der Waals surface area contributed by atoms with Crippen LogP contribution in [0.25, 0.3) is 11.1 Å². The molecule has 0 unspecified atom stereocenters. The number of hydrogen-bond acceptors (Lipinski definition) is 1. The molecule has 1 saturated carbocycles. The first-order valence-electron chi connectivity index (χ1n) is 14.0. The van der Waals surface area contributed by atoms with E-state index in [1.54, 1.807) is 5.56 Å². The van der Waals surface area contributed by atoms with Gasteiger partial charge >= 0.3 is 0 Å². The Hall–Kier alpha value is -3.37. The maximum absolute atomic E-state index is 8.62. The van der Waals surface area contributed by atoms with Gasteiger partial charge in [0.2, 0.25) is 0 Å². The van der Waals surface area contributed by atoms with Gasteiger partial charge in [-0.15, -0.1) is 0 Å². The molecule has 1 nitrogen and oxygen atoms in total. The van der Waals surface area contributed by atoms with Crippen molar-refractivity contribution < 1.29 is 0 Å². The van der Waals surface area contributed by atoms with Crippen molar-refractivity contribution >= 4 is 11.1 Å². The summed E-state index contributed by atoms with van der Waals surface area (Å²) in [7, 11) is 0. The zero-order valence-electron chi connectivity index (χ0n) is 25.0. The minimum absolute atomic E-state index is 0.500. The van der Waals surface area contributed by atoms with Gasteiger partial charge in [0.15, 0.2) is 0 Å². The third-order valence-corrected chi connectivity index (χ3v) is 7.70. The summed E-state index contributed by atoms with van der Waals surface area (Å²) in [6.45, 7) is 25.2. The Labute approximate surface area is 232 Å². The molecule has 0 aromatic heterocycles.